The minimum atomic E-state index is -0.823. The third-order valence-electron chi connectivity index (χ3n) is 3.54. The van der Waals surface area contributed by atoms with Crippen LogP contribution in [0.1, 0.15) is 21.5 Å². The molecule has 0 saturated heterocycles. The fourth-order valence-electron chi connectivity index (χ4n) is 2.30. The molecule has 1 aromatic heterocycles. The van der Waals surface area contributed by atoms with E-state index in [2.05, 4.69) is 10.3 Å². The third-order valence-corrected chi connectivity index (χ3v) is 3.54. The van der Waals surface area contributed by atoms with Gasteiger partial charge in [-0.15, -0.1) is 0 Å². The monoisotopic (exact) mass is 330 g/mol. The number of aliphatic hydroxyl groups is 1. The fraction of sp³-hybridized carbons (Fsp3) is 0.333. The minimum Gasteiger partial charge on any atom is -0.490 e. The van der Waals surface area contributed by atoms with Crippen LogP contribution in [-0.2, 0) is 0 Å². The van der Waals surface area contributed by atoms with E-state index in [9.17, 15) is 9.90 Å². The molecular formula is C18H22N2O4. The zero-order valence-electron chi connectivity index (χ0n) is 14.1. The van der Waals surface area contributed by atoms with Crippen molar-refractivity contribution < 1.29 is 19.4 Å². The van der Waals surface area contributed by atoms with Crippen LogP contribution >= 0.6 is 0 Å². The number of aryl methyl sites for hydroxylation is 2. The molecular weight excluding hydrogens is 308 g/mol. The summed E-state index contributed by atoms with van der Waals surface area (Å²) in [5.74, 6) is 0.652. The molecule has 1 heterocycles. The lowest BCUT2D eigenvalue weighted by atomic mass is 10.1. The number of nitrogens with one attached hydrogen (secondary N) is 1. The molecule has 2 rings (SSSR count). The van der Waals surface area contributed by atoms with Crippen LogP contribution < -0.4 is 14.8 Å². The Kier molecular flexibility index (Phi) is 6.14. The first kappa shape index (κ1) is 17.7. The van der Waals surface area contributed by atoms with Gasteiger partial charge in [0, 0.05) is 12.7 Å². The number of aromatic nitrogens is 1. The molecule has 6 nitrogen and oxygen atoms in total. The smallest absolute Gasteiger partial charge is 0.256 e. The minimum absolute atomic E-state index is 0.0712. The van der Waals surface area contributed by atoms with Crippen LogP contribution in [0.2, 0.25) is 0 Å². The number of pyridine rings is 1. The average Bonchev–Trinajstić information content (AvgIpc) is 2.59. The van der Waals surface area contributed by atoms with Crippen LogP contribution in [0.5, 0.6) is 11.6 Å². The number of benzene rings is 1. The molecule has 2 N–H and O–H groups in total. The van der Waals surface area contributed by atoms with Gasteiger partial charge in [-0.3, -0.25) is 4.79 Å². The number of amides is 1. The van der Waals surface area contributed by atoms with Gasteiger partial charge in [0.05, 0.1) is 7.11 Å². The summed E-state index contributed by atoms with van der Waals surface area (Å²) in [5, 5.41) is 12.7. The Hall–Kier alpha value is -2.60. The summed E-state index contributed by atoms with van der Waals surface area (Å²) in [5.41, 5.74) is 2.33. The Labute approximate surface area is 141 Å². The maximum atomic E-state index is 12.1. The van der Waals surface area contributed by atoms with Crippen molar-refractivity contribution in [2.24, 2.45) is 0 Å². The number of hydrogen-bond acceptors (Lipinski definition) is 5. The molecule has 1 amide bonds. The van der Waals surface area contributed by atoms with E-state index in [1.807, 2.05) is 32.0 Å². The van der Waals surface area contributed by atoms with Crippen LogP contribution in [0.15, 0.2) is 36.5 Å². The van der Waals surface area contributed by atoms with E-state index in [-0.39, 0.29) is 24.9 Å². The number of rotatable bonds is 7. The third kappa shape index (κ3) is 4.45. The number of carbonyl (C=O) groups is 1. The van der Waals surface area contributed by atoms with Gasteiger partial charge in [0.15, 0.2) is 0 Å². The first-order valence-corrected chi connectivity index (χ1v) is 7.67. The van der Waals surface area contributed by atoms with Crippen LogP contribution in [-0.4, -0.2) is 42.4 Å². The zero-order valence-corrected chi connectivity index (χ0v) is 14.1. The number of methoxy groups -OCH3 is 1. The van der Waals surface area contributed by atoms with Crippen LogP contribution in [0.25, 0.3) is 0 Å². The maximum absolute atomic E-state index is 12.1. The molecule has 0 saturated carbocycles. The number of carbonyl (C=O) groups excluding carboxylic acids is 1. The Balaban J connectivity index is 1.87. The first-order chi connectivity index (χ1) is 11.5. The number of nitrogens with zero attached hydrogens (tertiary/aromatic N) is 1. The van der Waals surface area contributed by atoms with Crippen molar-refractivity contribution in [3.05, 3.63) is 53.2 Å². The van der Waals surface area contributed by atoms with Crippen molar-refractivity contribution in [2.45, 2.75) is 20.0 Å². The molecule has 1 aromatic carbocycles. The van der Waals surface area contributed by atoms with E-state index in [4.69, 9.17) is 9.47 Å². The molecule has 0 radical (unpaired) electrons. The largest absolute Gasteiger partial charge is 0.490 e. The van der Waals surface area contributed by atoms with Crippen LogP contribution in [0, 0.1) is 13.8 Å². The second-order valence-corrected chi connectivity index (χ2v) is 5.46. The highest BCUT2D eigenvalue weighted by Crippen LogP contribution is 2.22. The van der Waals surface area contributed by atoms with E-state index in [1.165, 1.54) is 7.11 Å². The van der Waals surface area contributed by atoms with Crippen molar-refractivity contribution in [3.63, 3.8) is 0 Å². The van der Waals surface area contributed by atoms with Crippen LogP contribution in [0.3, 0.4) is 0 Å². The lowest BCUT2D eigenvalue weighted by molar-refractivity contribution is 0.0838. The van der Waals surface area contributed by atoms with E-state index >= 15 is 0 Å². The summed E-state index contributed by atoms with van der Waals surface area (Å²) in [6.07, 6.45) is 0.721. The van der Waals surface area contributed by atoms with Crippen molar-refractivity contribution in [1.82, 2.24) is 10.3 Å². The summed E-state index contributed by atoms with van der Waals surface area (Å²) >= 11 is 0. The highest BCUT2D eigenvalue weighted by Gasteiger charge is 2.15. The van der Waals surface area contributed by atoms with Gasteiger partial charge in [-0.25, -0.2) is 4.98 Å². The molecule has 128 valence electrons. The van der Waals surface area contributed by atoms with E-state index in [1.54, 1.807) is 18.3 Å². The summed E-state index contributed by atoms with van der Waals surface area (Å²) in [7, 11) is 1.45. The first-order valence-electron chi connectivity index (χ1n) is 7.67. The molecule has 0 aliphatic heterocycles. The molecule has 0 spiro atoms. The molecule has 6 heteroatoms. The Morgan fingerprint density at radius 2 is 1.96 bits per heavy atom. The second-order valence-electron chi connectivity index (χ2n) is 5.46. The highest BCUT2D eigenvalue weighted by atomic mass is 16.5. The van der Waals surface area contributed by atoms with Crippen LogP contribution in [0.4, 0.5) is 0 Å². The van der Waals surface area contributed by atoms with Crippen molar-refractivity contribution in [1.29, 1.82) is 0 Å². The number of aliphatic hydroxyl groups excluding tert-OH is 1. The Bertz CT molecular complexity index is 683. The maximum Gasteiger partial charge on any atom is 0.256 e. The number of hydrogen-bond donors (Lipinski definition) is 2. The number of para-hydroxylation sites is 1. The average molecular weight is 330 g/mol. The lowest BCUT2D eigenvalue weighted by Gasteiger charge is -2.16. The molecule has 1 atom stereocenters. The molecule has 0 fully saturated rings. The molecule has 0 bridgehead atoms. The molecule has 2 aromatic rings. The van der Waals surface area contributed by atoms with Gasteiger partial charge in [0.2, 0.25) is 5.88 Å². The zero-order chi connectivity index (χ0) is 17.5. The van der Waals surface area contributed by atoms with Gasteiger partial charge in [0.25, 0.3) is 5.91 Å². The lowest BCUT2D eigenvalue weighted by Crippen LogP contribution is -2.35. The summed E-state index contributed by atoms with van der Waals surface area (Å²) in [6, 6.07) is 9.12. The summed E-state index contributed by atoms with van der Waals surface area (Å²) in [6.45, 7) is 4.06. The number of ether oxygens (including phenoxy) is 2. The quantitative estimate of drug-likeness (QED) is 0.810. The predicted molar refractivity (Wildman–Crippen MR) is 90.5 cm³/mol. The molecule has 24 heavy (non-hydrogen) atoms. The SMILES string of the molecule is COc1ncccc1C(=O)NCC(O)COc1c(C)cccc1C. The van der Waals surface area contributed by atoms with E-state index in [0.29, 0.717) is 5.56 Å². The van der Waals surface area contributed by atoms with Gasteiger partial charge in [-0.1, -0.05) is 18.2 Å². The Morgan fingerprint density at radius 3 is 2.62 bits per heavy atom. The van der Waals surface area contributed by atoms with Gasteiger partial charge in [-0.05, 0) is 37.1 Å². The molecule has 0 aliphatic rings. The Morgan fingerprint density at radius 1 is 1.25 bits per heavy atom. The summed E-state index contributed by atoms with van der Waals surface area (Å²) < 4.78 is 10.7. The van der Waals surface area contributed by atoms with E-state index in [0.717, 1.165) is 16.9 Å². The molecule has 1 unspecified atom stereocenters. The van der Waals surface area contributed by atoms with Crippen molar-refractivity contribution in [3.8, 4) is 11.6 Å². The predicted octanol–water partition coefficient (Wildman–Crippen LogP) is 1.88. The van der Waals surface area contributed by atoms with Gasteiger partial charge in [-0.2, -0.15) is 0 Å². The van der Waals surface area contributed by atoms with Crippen molar-refractivity contribution >= 4 is 5.91 Å². The second kappa shape index (κ2) is 8.31. The highest BCUT2D eigenvalue weighted by molar-refractivity contribution is 5.96. The molecule has 0 aliphatic carbocycles. The normalized spacial score (nSPS) is 11.7. The topological polar surface area (TPSA) is 80.7 Å². The summed E-state index contributed by atoms with van der Waals surface area (Å²) in [4.78, 5) is 16.1. The van der Waals surface area contributed by atoms with Gasteiger partial charge >= 0.3 is 0 Å². The van der Waals surface area contributed by atoms with Gasteiger partial charge in [0.1, 0.15) is 24.0 Å². The fourth-order valence-corrected chi connectivity index (χ4v) is 2.30. The van der Waals surface area contributed by atoms with E-state index < -0.39 is 6.10 Å². The standard InChI is InChI=1S/C18H22N2O4/c1-12-6-4-7-13(2)16(12)24-11-14(21)10-20-17(22)15-8-5-9-19-18(15)23-3/h4-9,14,21H,10-11H2,1-3H3,(H,20,22). The van der Waals surface area contributed by atoms with Gasteiger partial charge < -0.3 is 19.9 Å². The van der Waals surface area contributed by atoms with Crippen molar-refractivity contribution in [2.75, 3.05) is 20.3 Å².